The largest absolute Gasteiger partial charge is 0.339 e. The zero-order valence-corrected chi connectivity index (χ0v) is 16.6. The number of para-hydroxylation sites is 2. The van der Waals surface area contributed by atoms with Crippen molar-refractivity contribution in [1.82, 2.24) is 10.2 Å². The maximum atomic E-state index is 12.5. The Balaban J connectivity index is 1.52. The molecule has 1 heterocycles. The smallest absolute Gasteiger partial charge is 0.313 e. The van der Waals surface area contributed by atoms with Crippen molar-refractivity contribution in [1.29, 1.82) is 5.26 Å². The molecule has 1 aliphatic heterocycles. The number of carbonyl (C=O) groups excluding carboxylic acids is 4. The molecule has 0 aromatic heterocycles. The van der Waals surface area contributed by atoms with Crippen LogP contribution < -0.4 is 16.0 Å². The first-order chi connectivity index (χ1) is 15.0. The lowest BCUT2D eigenvalue weighted by molar-refractivity contribution is -0.138. The number of nitrogens with one attached hydrogen (secondary N) is 3. The van der Waals surface area contributed by atoms with Crippen molar-refractivity contribution in [2.24, 2.45) is 5.92 Å². The fourth-order valence-corrected chi connectivity index (χ4v) is 3.24. The van der Waals surface area contributed by atoms with Gasteiger partial charge in [0.05, 0.1) is 18.5 Å². The van der Waals surface area contributed by atoms with Crippen LogP contribution in [0.2, 0.25) is 0 Å². The average Bonchev–Trinajstić information content (AvgIpc) is 3.23. The molecule has 9 heteroatoms. The molecule has 1 aliphatic rings. The van der Waals surface area contributed by atoms with Crippen LogP contribution in [-0.2, 0) is 19.2 Å². The van der Waals surface area contributed by atoms with E-state index in [1.54, 1.807) is 54.6 Å². The van der Waals surface area contributed by atoms with Crippen molar-refractivity contribution in [3.05, 3.63) is 60.7 Å². The Kier molecular flexibility index (Phi) is 6.96. The van der Waals surface area contributed by atoms with E-state index < -0.39 is 36.2 Å². The molecule has 1 fully saturated rings. The summed E-state index contributed by atoms with van der Waals surface area (Å²) < 4.78 is 0. The van der Waals surface area contributed by atoms with Gasteiger partial charge in [-0.25, -0.2) is 0 Å². The Morgan fingerprint density at radius 3 is 2.06 bits per heavy atom. The lowest BCUT2D eigenvalue weighted by Crippen LogP contribution is -2.45. The Labute approximate surface area is 179 Å². The molecule has 0 radical (unpaired) electrons. The predicted molar refractivity (Wildman–Crippen MR) is 112 cm³/mol. The molecule has 0 aliphatic carbocycles. The summed E-state index contributed by atoms with van der Waals surface area (Å²) in [5.41, 5.74) is 1.08. The van der Waals surface area contributed by atoms with Crippen LogP contribution in [0.1, 0.15) is 6.42 Å². The zero-order valence-electron chi connectivity index (χ0n) is 16.6. The van der Waals surface area contributed by atoms with Crippen LogP contribution in [-0.4, -0.2) is 47.7 Å². The molecule has 2 atom stereocenters. The summed E-state index contributed by atoms with van der Waals surface area (Å²) in [5.74, 6) is -3.25. The van der Waals surface area contributed by atoms with Crippen LogP contribution in [0.3, 0.4) is 0 Å². The molecule has 4 amide bonds. The van der Waals surface area contributed by atoms with Crippen molar-refractivity contribution in [2.75, 3.05) is 23.7 Å². The Morgan fingerprint density at radius 1 is 0.903 bits per heavy atom. The summed E-state index contributed by atoms with van der Waals surface area (Å²) in [6.45, 7) is -0.395. The number of benzene rings is 2. The standard InChI is InChI=1S/C22H21N5O4/c23-12-18-11-15(20(29)25-16-7-3-1-4-8-16)14-27(18)19(28)13-24-21(30)22(31)26-17-9-5-2-6-10-17/h1-10,15,18H,11,13-14H2,(H,24,30)(H,25,29)(H,26,31). The van der Waals surface area contributed by atoms with Gasteiger partial charge in [0, 0.05) is 17.9 Å². The third-order valence-corrected chi connectivity index (χ3v) is 4.82. The number of rotatable bonds is 5. The minimum absolute atomic E-state index is 0.0574. The topological polar surface area (TPSA) is 131 Å². The highest BCUT2D eigenvalue weighted by Crippen LogP contribution is 2.24. The fourth-order valence-electron chi connectivity index (χ4n) is 3.24. The number of nitriles is 1. The number of hydrogen-bond acceptors (Lipinski definition) is 5. The van der Waals surface area contributed by atoms with Crippen molar-refractivity contribution in [3.8, 4) is 6.07 Å². The van der Waals surface area contributed by atoms with Crippen LogP contribution in [0.4, 0.5) is 11.4 Å². The minimum Gasteiger partial charge on any atom is -0.339 e. The summed E-state index contributed by atoms with van der Waals surface area (Å²) in [7, 11) is 0. The number of likely N-dealkylation sites (tertiary alicyclic amines) is 1. The maximum absolute atomic E-state index is 12.5. The molecular formula is C22H21N5O4. The van der Waals surface area contributed by atoms with E-state index in [2.05, 4.69) is 16.0 Å². The van der Waals surface area contributed by atoms with Gasteiger partial charge in [0.1, 0.15) is 6.04 Å². The first-order valence-electron chi connectivity index (χ1n) is 9.67. The SMILES string of the molecule is N#CC1CC(C(=O)Nc2ccccc2)CN1C(=O)CNC(=O)C(=O)Nc1ccccc1. The van der Waals surface area contributed by atoms with Crippen molar-refractivity contribution in [2.45, 2.75) is 12.5 Å². The van der Waals surface area contributed by atoms with E-state index in [9.17, 15) is 24.4 Å². The molecule has 0 saturated carbocycles. The minimum atomic E-state index is -0.969. The first-order valence-corrected chi connectivity index (χ1v) is 9.67. The second-order valence-electron chi connectivity index (χ2n) is 6.98. The van der Waals surface area contributed by atoms with Crippen LogP contribution >= 0.6 is 0 Å². The summed E-state index contributed by atoms with van der Waals surface area (Å²) in [6.07, 6.45) is 0.198. The molecule has 0 spiro atoms. The highest BCUT2D eigenvalue weighted by Gasteiger charge is 2.38. The van der Waals surface area contributed by atoms with Gasteiger partial charge in [-0.15, -0.1) is 0 Å². The summed E-state index contributed by atoms with van der Waals surface area (Å²) in [6, 6.07) is 18.5. The number of hydrogen-bond donors (Lipinski definition) is 3. The molecule has 2 unspecified atom stereocenters. The van der Waals surface area contributed by atoms with E-state index in [1.807, 2.05) is 12.1 Å². The van der Waals surface area contributed by atoms with Gasteiger partial charge < -0.3 is 20.9 Å². The highest BCUT2D eigenvalue weighted by atomic mass is 16.2. The second kappa shape index (κ2) is 10.0. The van der Waals surface area contributed by atoms with Crippen molar-refractivity contribution in [3.63, 3.8) is 0 Å². The Bertz CT molecular complexity index is 1000. The molecule has 2 aromatic carbocycles. The van der Waals surface area contributed by atoms with E-state index in [-0.39, 0.29) is 18.9 Å². The molecule has 2 aromatic rings. The molecular weight excluding hydrogens is 398 g/mol. The van der Waals surface area contributed by atoms with E-state index in [0.717, 1.165) is 0 Å². The summed E-state index contributed by atoms with van der Waals surface area (Å²) >= 11 is 0. The number of amides is 4. The monoisotopic (exact) mass is 419 g/mol. The van der Waals surface area contributed by atoms with Gasteiger partial charge in [-0.2, -0.15) is 5.26 Å². The van der Waals surface area contributed by atoms with E-state index in [4.69, 9.17) is 0 Å². The quantitative estimate of drug-likeness (QED) is 0.625. The normalized spacial score (nSPS) is 17.3. The Morgan fingerprint density at radius 2 is 1.48 bits per heavy atom. The first kappa shape index (κ1) is 21.5. The molecule has 0 bridgehead atoms. The number of anilines is 2. The van der Waals surface area contributed by atoms with Gasteiger partial charge in [-0.05, 0) is 30.7 Å². The second-order valence-corrected chi connectivity index (χ2v) is 6.98. The predicted octanol–water partition coefficient (Wildman–Crippen LogP) is 1.12. The van der Waals surface area contributed by atoms with Gasteiger partial charge in [0.15, 0.2) is 0 Å². The van der Waals surface area contributed by atoms with Gasteiger partial charge in [-0.3, -0.25) is 19.2 Å². The van der Waals surface area contributed by atoms with Gasteiger partial charge >= 0.3 is 11.8 Å². The Hall–Kier alpha value is -4.19. The summed E-state index contributed by atoms with van der Waals surface area (Å²) in [5, 5.41) is 16.8. The van der Waals surface area contributed by atoms with Crippen molar-refractivity contribution >= 4 is 35.0 Å². The third kappa shape index (κ3) is 5.67. The number of nitrogens with zero attached hydrogens (tertiary/aromatic N) is 2. The summed E-state index contributed by atoms with van der Waals surface area (Å²) in [4.78, 5) is 50.2. The van der Waals surface area contributed by atoms with Crippen LogP contribution in [0.5, 0.6) is 0 Å². The average molecular weight is 419 g/mol. The lowest BCUT2D eigenvalue weighted by atomic mass is 10.1. The molecule has 158 valence electrons. The molecule has 9 nitrogen and oxygen atoms in total. The zero-order chi connectivity index (χ0) is 22.2. The number of carbonyl (C=O) groups is 4. The van der Waals surface area contributed by atoms with Gasteiger partial charge in [-0.1, -0.05) is 36.4 Å². The van der Waals surface area contributed by atoms with Crippen LogP contribution in [0, 0.1) is 17.2 Å². The van der Waals surface area contributed by atoms with Crippen molar-refractivity contribution < 1.29 is 19.2 Å². The molecule has 1 saturated heterocycles. The van der Waals surface area contributed by atoms with E-state index >= 15 is 0 Å². The van der Waals surface area contributed by atoms with Crippen LogP contribution in [0.15, 0.2) is 60.7 Å². The fraction of sp³-hybridized carbons (Fsp3) is 0.227. The molecule has 3 rings (SSSR count). The van der Waals surface area contributed by atoms with Crippen LogP contribution in [0.25, 0.3) is 0 Å². The third-order valence-electron chi connectivity index (χ3n) is 4.82. The molecule has 3 N–H and O–H groups in total. The molecule has 31 heavy (non-hydrogen) atoms. The van der Waals surface area contributed by atoms with E-state index in [1.165, 1.54) is 4.90 Å². The van der Waals surface area contributed by atoms with E-state index in [0.29, 0.717) is 11.4 Å². The van der Waals surface area contributed by atoms with Gasteiger partial charge in [0.2, 0.25) is 11.8 Å². The van der Waals surface area contributed by atoms with Gasteiger partial charge in [0.25, 0.3) is 0 Å². The maximum Gasteiger partial charge on any atom is 0.313 e. The highest BCUT2D eigenvalue weighted by molar-refractivity contribution is 6.39. The lowest BCUT2D eigenvalue weighted by Gasteiger charge is -2.19.